The Kier molecular flexibility index (Phi) is 8.26. The van der Waals surface area contributed by atoms with Gasteiger partial charge in [-0.2, -0.15) is 0 Å². The molecule has 8 nitrogen and oxygen atoms in total. The van der Waals surface area contributed by atoms with Gasteiger partial charge in [0.2, 0.25) is 5.91 Å². The van der Waals surface area contributed by atoms with Gasteiger partial charge in [-0.3, -0.25) is 19.3 Å². The van der Waals surface area contributed by atoms with Crippen molar-refractivity contribution in [2.24, 2.45) is 0 Å². The number of thioether (sulfide) groups is 1. The first-order valence-corrected chi connectivity index (χ1v) is 10.1. The molecule has 1 aliphatic rings. The molecule has 156 valence electrons. The number of imide groups is 1. The first-order valence-electron chi connectivity index (χ1n) is 9.31. The third-order valence-electron chi connectivity index (χ3n) is 4.12. The van der Waals surface area contributed by atoms with Crippen molar-refractivity contribution < 1.29 is 28.7 Å². The highest BCUT2D eigenvalue weighted by molar-refractivity contribution is 8.18. The van der Waals surface area contributed by atoms with Crippen molar-refractivity contribution in [2.45, 2.75) is 20.8 Å². The van der Waals surface area contributed by atoms with Crippen LogP contribution in [0.2, 0.25) is 0 Å². The summed E-state index contributed by atoms with van der Waals surface area (Å²) >= 11 is 0.805. The maximum atomic E-state index is 12.5. The molecule has 0 spiro atoms. The van der Waals surface area contributed by atoms with Crippen molar-refractivity contribution in [1.29, 1.82) is 0 Å². The minimum atomic E-state index is -0.483. The van der Waals surface area contributed by atoms with Crippen LogP contribution in [0, 0.1) is 0 Å². The summed E-state index contributed by atoms with van der Waals surface area (Å²) in [7, 11) is 0. The topological polar surface area (TPSA) is 93.2 Å². The van der Waals surface area contributed by atoms with Crippen LogP contribution in [-0.4, -0.2) is 65.7 Å². The molecule has 29 heavy (non-hydrogen) atoms. The molecule has 1 fully saturated rings. The van der Waals surface area contributed by atoms with Crippen LogP contribution in [0.3, 0.4) is 0 Å². The highest BCUT2D eigenvalue weighted by Gasteiger charge is 2.36. The van der Waals surface area contributed by atoms with Gasteiger partial charge in [0.05, 0.1) is 11.5 Å². The van der Waals surface area contributed by atoms with Crippen LogP contribution in [0.4, 0.5) is 4.79 Å². The fourth-order valence-electron chi connectivity index (χ4n) is 2.60. The summed E-state index contributed by atoms with van der Waals surface area (Å²) in [4.78, 5) is 51.0. The van der Waals surface area contributed by atoms with Crippen molar-refractivity contribution in [3.8, 4) is 5.75 Å². The molecule has 0 N–H and O–H groups in total. The summed E-state index contributed by atoms with van der Waals surface area (Å²) < 4.78 is 10.1. The summed E-state index contributed by atoms with van der Waals surface area (Å²) in [6, 6.07) is 6.71. The Bertz CT molecular complexity index is 802. The molecule has 0 bridgehead atoms. The van der Waals surface area contributed by atoms with Crippen molar-refractivity contribution in [1.82, 2.24) is 9.80 Å². The lowest BCUT2D eigenvalue weighted by atomic mass is 10.2. The Labute approximate surface area is 173 Å². The molecule has 0 atom stereocenters. The highest BCUT2D eigenvalue weighted by Crippen LogP contribution is 2.32. The quantitative estimate of drug-likeness (QED) is 0.448. The maximum Gasteiger partial charge on any atom is 0.344 e. The van der Waals surface area contributed by atoms with E-state index in [0.29, 0.717) is 24.4 Å². The van der Waals surface area contributed by atoms with Crippen LogP contribution < -0.4 is 4.74 Å². The van der Waals surface area contributed by atoms with E-state index in [-0.39, 0.29) is 30.6 Å². The summed E-state index contributed by atoms with van der Waals surface area (Å²) in [6.45, 7) is 6.28. The highest BCUT2D eigenvalue weighted by atomic mass is 32.2. The van der Waals surface area contributed by atoms with Gasteiger partial charge in [0.25, 0.3) is 11.1 Å². The number of amides is 3. The Hall–Kier alpha value is -2.81. The number of benzene rings is 1. The molecule has 0 aromatic heterocycles. The number of hydrogen-bond donors (Lipinski definition) is 0. The van der Waals surface area contributed by atoms with Gasteiger partial charge in [0.15, 0.2) is 6.61 Å². The molecular weight excluding hydrogens is 396 g/mol. The van der Waals surface area contributed by atoms with E-state index in [1.165, 1.54) is 0 Å². The van der Waals surface area contributed by atoms with Crippen molar-refractivity contribution in [3.05, 3.63) is 34.7 Å². The maximum absolute atomic E-state index is 12.5. The second-order valence-electron chi connectivity index (χ2n) is 6.00. The van der Waals surface area contributed by atoms with E-state index < -0.39 is 17.1 Å². The lowest BCUT2D eigenvalue weighted by molar-refractivity contribution is -0.145. The number of rotatable bonds is 9. The van der Waals surface area contributed by atoms with E-state index in [2.05, 4.69) is 0 Å². The summed E-state index contributed by atoms with van der Waals surface area (Å²) in [5.74, 6) is -0.720. The lowest BCUT2D eigenvalue weighted by Gasteiger charge is -2.21. The van der Waals surface area contributed by atoms with Crippen molar-refractivity contribution in [2.75, 3.05) is 32.8 Å². The van der Waals surface area contributed by atoms with Gasteiger partial charge in [-0.1, -0.05) is 12.1 Å². The first kappa shape index (κ1) is 22.5. The molecule has 0 unspecified atom stereocenters. The zero-order valence-electron chi connectivity index (χ0n) is 16.7. The smallest absolute Gasteiger partial charge is 0.344 e. The van der Waals surface area contributed by atoms with Gasteiger partial charge in [0, 0.05) is 13.1 Å². The molecule has 0 radical (unpaired) electrons. The predicted octanol–water partition coefficient (Wildman–Crippen LogP) is 2.53. The first-order chi connectivity index (χ1) is 13.9. The van der Waals surface area contributed by atoms with Gasteiger partial charge < -0.3 is 14.4 Å². The number of likely N-dealkylation sites (N-methyl/N-ethyl adjacent to an activating group) is 1. The summed E-state index contributed by atoms with van der Waals surface area (Å²) in [5.41, 5.74) is 0.689. The molecule has 2 rings (SSSR count). The average Bonchev–Trinajstić information content (AvgIpc) is 2.96. The summed E-state index contributed by atoms with van der Waals surface area (Å²) in [6.07, 6.45) is 1.59. The third-order valence-corrected chi connectivity index (χ3v) is 5.03. The van der Waals surface area contributed by atoms with E-state index in [0.717, 1.165) is 16.7 Å². The molecule has 1 saturated heterocycles. The average molecular weight is 420 g/mol. The van der Waals surface area contributed by atoms with Crippen LogP contribution >= 0.6 is 11.8 Å². The monoisotopic (exact) mass is 420 g/mol. The number of hydrogen-bond acceptors (Lipinski definition) is 7. The van der Waals surface area contributed by atoms with Crippen molar-refractivity contribution >= 4 is 40.9 Å². The van der Waals surface area contributed by atoms with Gasteiger partial charge >= 0.3 is 5.97 Å². The number of ether oxygens (including phenoxy) is 2. The fraction of sp³-hybridized carbons (Fsp3) is 0.400. The van der Waals surface area contributed by atoms with Crippen molar-refractivity contribution in [3.63, 3.8) is 0 Å². The van der Waals surface area contributed by atoms with Crippen LogP contribution in [0.15, 0.2) is 29.2 Å². The molecule has 1 heterocycles. The summed E-state index contributed by atoms with van der Waals surface area (Å²) in [5, 5.41) is -0.462. The minimum Gasteiger partial charge on any atom is -0.482 e. The predicted molar refractivity (Wildman–Crippen MR) is 109 cm³/mol. The van der Waals surface area contributed by atoms with Crippen LogP contribution in [0.5, 0.6) is 5.75 Å². The SMILES string of the molecule is CCOC(=O)COc1ccc(/C=C2\SC(=O)N(CC(=O)N(CC)CC)C2=O)cc1. The van der Waals surface area contributed by atoms with E-state index in [1.54, 1.807) is 42.2 Å². The Morgan fingerprint density at radius 2 is 1.76 bits per heavy atom. The van der Waals surface area contributed by atoms with Crippen LogP contribution in [0.25, 0.3) is 6.08 Å². The number of carbonyl (C=O) groups is 4. The molecule has 1 aliphatic heterocycles. The standard InChI is InChI=1S/C20H24N2O6S/c1-4-21(5-2)17(23)12-22-19(25)16(29-20(22)26)11-14-7-9-15(10-8-14)28-13-18(24)27-6-3/h7-11H,4-6,12-13H2,1-3H3/b16-11-. The van der Waals surface area contributed by atoms with Crippen LogP contribution in [0.1, 0.15) is 26.3 Å². The normalized spacial score (nSPS) is 15.0. The van der Waals surface area contributed by atoms with Gasteiger partial charge in [0.1, 0.15) is 12.3 Å². The Morgan fingerprint density at radius 3 is 2.34 bits per heavy atom. The molecule has 3 amide bonds. The minimum absolute atomic E-state index is 0.188. The van der Waals surface area contributed by atoms with Gasteiger partial charge in [-0.05, 0) is 56.3 Å². The zero-order chi connectivity index (χ0) is 21.4. The second-order valence-corrected chi connectivity index (χ2v) is 6.99. The van der Waals surface area contributed by atoms with E-state index in [1.807, 2.05) is 13.8 Å². The van der Waals surface area contributed by atoms with E-state index in [4.69, 9.17) is 9.47 Å². The van der Waals surface area contributed by atoms with Crippen LogP contribution in [-0.2, 0) is 19.1 Å². The van der Waals surface area contributed by atoms with E-state index >= 15 is 0 Å². The van der Waals surface area contributed by atoms with Gasteiger partial charge in [-0.15, -0.1) is 0 Å². The van der Waals surface area contributed by atoms with Gasteiger partial charge in [-0.25, -0.2) is 4.79 Å². The molecule has 0 saturated carbocycles. The molecule has 1 aromatic carbocycles. The molecule has 0 aliphatic carbocycles. The Morgan fingerprint density at radius 1 is 1.10 bits per heavy atom. The second kappa shape index (κ2) is 10.7. The molecular formula is C20H24N2O6S. The Balaban J connectivity index is 2.01. The third kappa shape index (κ3) is 6.08. The zero-order valence-corrected chi connectivity index (χ0v) is 17.5. The molecule has 9 heteroatoms. The molecule has 1 aromatic rings. The fourth-order valence-corrected chi connectivity index (χ4v) is 3.44. The largest absolute Gasteiger partial charge is 0.482 e. The lowest BCUT2D eigenvalue weighted by Crippen LogP contribution is -2.41. The number of carbonyl (C=O) groups excluding carboxylic acids is 4. The number of esters is 1. The number of nitrogens with zero attached hydrogens (tertiary/aromatic N) is 2. The van der Waals surface area contributed by atoms with E-state index in [9.17, 15) is 19.2 Å².